The molecule has 9 aliphatic carbocycles. The van der Waals surface area contributed by atoms with Crippen molar-refractivity contribution in [1.82, 2.24) is 0 Å². The Labute approximate surface area is 175 Å². The summed E-state index contributed by atoms with van der Waals surface area (Å²) in [5, 5.41) is 0. The Morgan fingerprint density at radius 1 is 0.346 bits per heavy atom. The van der Waals surface area contributed by atoms with Crippen molar-refractivity contribution in [1.29, 1.82) is 0 Å². The second-order valence-corrected chi connectivity index (χ2v) is 11.7. The molecule has 9 aliphatic rings. The maximum Gasteiger partial charge on any atom is 0.00194 e. The largest absolute Gasteiger partial charge is 0.0550 e. The summed E-state index contributed by atoms with van der Waals surface area (Å²) in [6.45, 7) is 0. The fourth-order valence-electron chi connectivity index (χ4n) is 7.64. The Morgan fingerprint density at radius 3 is 0.846 bits per heavy atom. The second-order valence-electron chi connectivity index (χ2n) is 10.00. The number of fused-ring (bicyclic) bond motifs is 8. The van der Waals surface area contributed by atoms with Gasteiger partial charge >= 0.3 is 0 Å². The van der Waals surface area contributed by atoms with E-state index in [1.807, 2.05) is 22.3 Å². The van der Waals surface area contributed by atoms with Crippen LogP contribution in [0.1, 0.15) is 77.0 Å². The number of hydrogen-bond acceptors (Lipinski definition) is 0. The molecule has 3 saturated carbocycles. The first-order valence-corrected chi connectivity index (χ1v) is 12.8. The standard InChI is InChI=1S/C24H30Br2/c25-23-17-9-5-15(6-10-17)21(23)19-13-1-2-14(4-3-13)20(19)22-16-7-11-18(12-8-16)24(22)26/h13-18H,1-12H2. The summed E-state index contributed by atoms with van der Waals surface area (Å²) in [6.07, 6.45) is 17.4. The van der Waals surface area contributed by atoms with Crippen molar-refractivity contribution in [2.45, 2.75) is 77.0 Å². The van der Waals surface area contributed by atoms with Crippen molar-refractivity contribution in [3.8, 4) is 0 Å². The molecule has 0 heterocycles. The van der Waals surface area contributed by atoms with Crippen LogP contribution in [-0.2, 0) is 0 Å². The highest BCUT2D eigenvalue weighted by Gasteiger charge is 2.46. The van der Waals surface area contributed by atoms with Crippen LogP contribution >= 0.6 is 31.9 Å². The summed E-state index contributed by atoms with van der Waals surface area (Å²) in [5.74, 6) is 5.13. The van der Waals surface area contributed by atoms with Crippen LogP contribution in [0, 0.1) is 35.5 Å². The topological polar surface area (TPSA) is 0 Å². The van der Waals surface area contributed by atoms with Crippen LogP contribution in [0.3, 0.4) is 0 Å². The minimum atomic E-state index is 0.837. The first-order valence-electron chi connectivity index (χ1n) is 11.3. The average molecular weight is 478 g/mol. The molecule has 0 unspecified atom stereocenters. The Bertz CT molecular complexity index is 653. The molecule has 0 amide bonds. The smallest absolute Gasteiger partial charge is 0.00194 e. The normalized spacial score (nSPS) is 44.5. The molecule has 3 fully saturated rings. The molecular weight excluding hydrogens is 448 g/mol. The lowest BCUT2D eigenvalue weighted by Gasteiger charge is -2.50. The molecule has 0 N–H and O–H groups in total. The van der Waals surface area contributed by atoms with Gasteiger partial charge in [0.15, 0.2) is 0 Å². The quantitative estimate of drug-likeness (QED) is 0.377. The zero-order chi connectivity index (χ0) is 17.4. The Balaban J connectivity index is 1.58. The highest BCUT2D eigenvalue weighted by Crippen LogP contribution is 2.61. The van der Waals surface area contributed by atoms with Gasteiger partial charge < -0.3 is 0 Å². The first kappa shape index (κ1) is 17.1. The van der Waals surface area contributed by atoms with Crippen LogP contribution in [-0.4, -0.2) is 0 Å². The van der Waals surface area contributed by atoms with Gasteiger partial charge in [-0.15, -0.1) is 0 Å². The monoisotopic (exact) mass is 476 g/mol. The van der Waals surface area contributed by atoms with Crippen LogP contribution in [0.5, 0.6) is 0 Å². The third-order valence-electron chi connectivity index (χ3n) is 8.92. The Morgan fingerprint density at radius 2 is 0.577 bits per heavy atom. The summed E-state index contributed by atoms with van der Waals surface area (Å²) in [4.78, 5) is 0. The van der Waals surface area contributed by atoms with Crippen molar-refractivity contribution in [3.63, 3.8) is 0 Å². The van der Waals surface area contributed by atoms with Crippen LogP contribution in [0.2, 0.25) is 0 Å². The van der Waals surface area contributed by atoms with Gasteiger partial charge in [0.2, 0.25) is 0 Å². The van der Waals surface area contributed by atoms with Gasteiger partial charge in [0, 0.05) is 8.96 Å². The highest BCUT2D eigenvalue weighted by atomic mass is 79.9. The third kappa shape index (κ3) is 2.36. The molecule has 0 atom stereocenters. The zero-order valence-corrected chi connectivity index (χ0v) is 18.9. The van der Waals surface area contributed by atoms with Crippen molar-refractivity contribution >= 4 is 31.9 Å². The van der Waals surface area contributed by atoms with Crippen molar-refractivity contribution in [2.24, 2.45) is 35.5 Å². The molecule has 0 aromatic heterocycles. The van der Waals surface area contributed by atoms with Gasteiger partial charge in [-0.25, -0.2) is 0 Å². The predicted octanol–water partition coefficient (Wildman–Crippen LogP) is 8.04. The summed E-state index contributed by atoms with van der Waals surface area (Å²) in [6, 6.07) is 0. The summed E-state index contributed by atoms with van der Waals surface area (Å²) in [5.41, 5.74) is 7.42. The molecule has 0 aliphatic heterocycles. The van der Waals surface area contributed by atoms with E-state index >= 15 is 0 Å². The molecule has 26 heavy (non-hydrogen) atoms. The van der Waals surface area contributed by atoms with Gasteiger partial charge in [0.25, 0.3) is 0 Å². The lowest BCUT2D eigenvalue weighted by molar-refractivity contribution is 0.258. The number of halogens is 2. The predicted molar refractivity (Wildman–Crippen MR) is 115 cm³/mol. The number of rotatable bonds is 2. The van der Waals surface area contributed by atoms with E-state index in [4.69, 9.17) is 0 Å². The van der Waals surface area contributed by atoms with Gasteiger partial charge in [-0.1, -0.05) is 31.9 Å². The third-order valence-corrected chi connectivity index (χ3v) is 11.1. The van der Waals surface area contributed by atoms with Gasteiger partial charge in [0.05, 0.1) is 0 Å². The zero-order valence-electron chi connectivity index (χ0n) is 15.7. The second kappa shape index (κ2) is 6.34. The van der Waals surface area contributed by atoms with E-state index in [2.05, 4.69) is 31.9 Å². The van der Waals surface area contributed by atoms with E-state index in [0.717, 1.165) is 35.5 Å². The average Bonchev–Trinajstić information content (AvgIpc) is 2.70. The fraction of sp³-hybridized carbons (Fsp3) is 0.750. The maximum absolute atomic E-state index is 4.14. The number of hydrogen-bond donors (Lipinski definition) is 0. The van der Waals surface area contributed by atoms with Crippen molar-refractivity contribution in [3.05, 3.63) is 31.3 Å². The van der Waals surface area contributed by atoms with Crippen LogP contribution in [0.15, 0.2) is 31.3 Å². The van der Waals surface area contributed by atoms with Crippen molar-refractivity contribution < 1.29 is 0 Å². The summed E-state index contributed by atoms with van der Waals surface area (Å²) in [7, 11) is 0. The fourth-order valence-corrected chi connectivity index (χ4v) is 9.63. The minimum absolute atomic E-state index is 0.837. The Kier molecular flexibility index (Phi) is 4.16. The molecule has 6 bridgehead atoms. The van der Waals surface area contributed by atoms with Gasteiger partial charge in [0.1, 0.15) is 0 Å². The maximum atomic E-state index is 4.14. The molecule has 9 rings (SSSR count). The molecule has 0 spiro atoms. The van der Waals surface area contributed by atoms with Crippen LogP contribution in [0.4, 0.5) is 0 Å². The molecule has 0 radical (unpaired) electrons. The van der Waals surface area contributed by atoms with Gasteiger partial charge in [-0.3, -0.25) is 0 Å². The van der Waals surface area contributed by atoms with Crippen LogP contribution < -0.4 is 0 Å². The summed E-state index contributed by atoms with van der Waals surface area (Å²) < 4.78 is 3.27. The summed E-state index contributed by atoms with van der Waals surface area (Å²) >= 11 is 8.29. The van der Waals surface area contributed by atoms with E-state index in [-0.39, 0.29) is 0 Å². The molecule has 2 heteroatoms. The molecule has 0 saturated heterocycles. The van der Waals surface area contributed by atoms with Crippen molar-refractivity contribution in [2.75, 3.05) is 0 Å². The molecule has 140 valence electrons. The first-order chi connectivity index (χ1) is 12.7. The highest BCUT2D eigenvalue weighted by molar-refractivity contribution is 9.12. The van der Waals surface area contributed by atoms with Crippen LogP contribution in [0.25, 0.3) is 0 Å². The van der Waals surface area contributed by atoms with E-state index in [9.17, 15) is 0 Å². The van der Waals surface area contributed by atoms with E-state index in [0.29, 0.717) is 0 Å². The molecule has 0 nitrogen and oxygen atoms in total. The molecule has 0 aromatic carbocycles. The van der Waals surface area contributed by atoms with E-state index in [1.54, 1.807) is 8.96 Å². The lowest BCUT2D eigenvalue weighted by atomic mass is 9.56. The van der Waals surface area contributed by atoms with E-state index < -0.39 is 0 Å². The van der Waals surface area contributed by atoms with E-state index in [1.165, 1.54) is 77.0 Å². The molecular formula is C24H30Br2. The SMILES string of the molecule is BrC1=C(C2=C(C3=C(Br)C4CCC3CC4)C3CCC2CC3)C2CCC1CC2. The molecule has 0 aromatic rings. The number of allylic oxidation sites excluding steroid dienone is 6. The minimum Gasteiger partial charge on any atom is -0.0550 e. The Hall–Kier alpha value is 0.180. The van der Waals surface area contributed by atoms with Gasteiger partial charge in [-0.05, 0) is 135 Å². The lowest BCUT2D eigenvalue weighted by Crippen LogP contribution is -2.36. The van der Waals surface area contributed by atoms with Gasteiger partial charge in [-0.2, -0.15) is 0 Å².